The summed E-state index contributed by atoms with van der Waals surface area (Å²) < 4.78 is 0. The molecule has 0 N–H and O–H groups in total. The maximum absolute atomic E-state index is 2.39. The first-order valence-electron chi connectivity index (χ1n) is 7.83. The van der Waals surface area contributed by atoms with Gasteiger partial charge in [0.1, 0.15) is 0 Å². The lowest BCUT2D eigenvalue weighted by Crippen LogP contribution is -2.05. The van der Waals surface area contributed by atoms with E-state index in [0.717, 1.165) is 11.8 Å². The van der Waals surface area contributed by atoms with E-state index in [1.165, 1.54) is 77.0 Å². The van der Waals surface area contributed by atoms with Crippen LogP contribution in [0.5, 0.6) is 0 Å². The van der Waals surface area contributed by atoms with Gasteiger partial charge in [-0.1, -0.05) is 90.9 Å². The van der Waals surface area contributed by atoms with E-state index in [1.54, 1.807) is 0 Å². The summed E-state index contributed by atoms with van der Waals surface area (Å²) in [6.45, 7) is 4.70. The maximum Gasteiger partial charge on any atom is -0.0414 e. The largest absolute Gasteiger partial charge is 0.0651 e. The molecule has 0 spiro atoms. The minimum Gasteiger partial charge on any atom is -0.0651 e. The lowest BCUT2D eigenvalue weighted by atomic mass is 9.85. The van der Waals surface area contributed by atoms with Crippen molar-refractivity contribution < 1.29 is 0 Å². The van der Waals surface area contributed by atoms with Crippen LogP contribution in [0.2, 0.25) is 0 Å². The van der Waals surface area contributed by atoms with E-state index >= 15 is 0 Å². The number of hydrogen-bond donors (Lipinski definition) is 0. The second kappa shape index (κ2) is 9.07. The molecule has 1 aliphatic rings. The Kier molecular flexibility index (Phi) is 7.98. The maximum atomic E-state index is 2.39. The van der Waals surface area contributed by atoms with Crippen LogP contribution in [0.25, 0.3) is 0 Å². The Balaban J connectivity index is 1.84. The molecule has 1 unspecified atom stereocenters. The van der Waals surface area contributed by atoms with Crippen molar-refractivity contribution in [2.75, 3.05) is 0 Å². The first kappa shape index (κ1) is 14.1. The fourth-order valence-corrected chi connectivity index (χ4v) is 2.96. The van der Waals surface area contributed by atoms with Gasteiger partial charge in [-0.25, -0.2) is 0 Å². The highest BCUT2D eigenvalue weighted by Gasteiger charge is 2.12. The highest BCUT2D eigenvalue weighted by Crippen LogP contribution is 2.28. The highest BCUT2D eigenvalue weighted by atomic mass is 14.2. The fraction of sp³-hybridized carbons (Fsp3) is 1.00. The summed E-state index contributed by atoms with van der Waals surface area (Å²) in [4.78, 5) is 0. The molecule has 0 radical (unpaired) electrons. The molecule has 0 aromatic carbocycles. The first-order valence-corrected chi connectivity index (χ1v) is 7.83. The van der Waals surface area contributed by atoms with Crippen molar-refractivity contribution in [1.29, 1.82) is 0 Å². The Morgan fingerprint density at radius 3 is 2.31 bits per heavy atom. The van der Waals surface area contributed by atoms with Crippen molar-refractivity contribution in [3.63, 3.8) is 0 Å². The predicted molar refractivity (Wildman–Crippen MR) is 73.7 cm³/mol. The van der Waals surface area contributed by atoms with Crippen molar-refractivity contribution in [2.24, 2.45) is 11.8 Å². The van der Waals surface area contributed by atoms with E-state index in [-0.39, 0.29) is 0 Å². The van der Waals surface area contributed by atoms with Gasteiger partial charge in [0.2, 0.25) is 0 Å². The van der Waals surface area contributed by atoms with Crippen LogP contribution in [-0.4, -0.2) is 0 Å². The Labute approximate surface area is 103 Å². The van der Waals surface area contributed by atoms with Crippen LogP contribution in [0.1, 0.15) is 90.9 Å². The summed E-state index contributed by atoms with van der Waals surface area (Å²) in [5.74, 6) is 2.06. The predicted octanol–water partition coefficient (Wildman–Crippen LogP) is 5.95. The Morgan fingerprint density at radius 1 is 0.938 bits per heavy atom. The fourth-order valence-electron chi connectivity index (χ4n) is 2.96. The van der Waals surface area contributed by atoms with Crippen molar-refractivity contribution in [2.45, 2.75) is 90.9 Å². The Morgan fingerprint density at radius 2 is 1.62 bits per heavy atom. The molecular weight excluding hydrogens is 192 g/mol. The van der Waals surface area contributed by atoms with Gasteiger partial charge in [0.05, 0.1) is 0 Å². The third-order valence-electron chi connectivity index (χ3n) is 4.48. The van der Waals surface area contributed by atoms with Crippen LogP contribution in [0.4, 0.5) is 0 Å². The van der Waals surface area contributed by atoms with Gasteiger partial charge in [0, 0.05) is 0 Å². The summed E-state index contributed by atoms with van der Waals surface area (Å²) in [6, 6.07) is 0. The first-order chi connectivity index (χ1) is 7.83. The van der Waals surface area contributed by atoms with Gasteiger partial charge in [0.15, 0.2) is 0 Å². The van der Waals surface area contributed by atoms with E-state index in [4.69, 9.17) is 0 Å². The van der Waals surface area contributed by atoms with E-state index in [1.807, 2.05) is 0 Å². The van der Waals surface area contributed by atoms with Crippen molar-refractivity contribution >= 4 is 0 Å². The second-order valence-corrected chi connectivity index (χ2v) is 6.01. The molecule has 1 atom stereocenters. The summed E-state index contributed by atoms with van der Waals surface area (Å²) in [5, 5.41) is 0. The van der Waals surface area contributed by atoms with Crippen LogP contribution >= 0.6 is 0 Å². The zero-order chi connectivity index (χ0) is 11.6. The second-order valence-electron chi connectivity index (χ2n) is 6.01. The number of hydrogen-bond acceptors (Lipinski definition) is 0. The quantitative estimate of drug-likeness (QED) is 0.447. The molecule has 0 bridgehead atoms. The SMILES string of the molecule is CCC(C)CCCCCCC1CCCCC1. The monoisotopic (exact) mass is 224 g/mol. The normalized spacial score (nSPS) is 19.9. The standard InChI is InChI=1S/C16H32/c1-3-15(2)11-7-4-5-8-12-16-13-9-6-10-14-16/h15-16H,3-14H2,1-2H3. The van der Waals surface area contributed by atoms with E-state index in [0.29, 0.717) is 0 Å². The zero-order valence-electron chi connectivity index (χ0n) is 11.6. The molecule has 1 aliphatic carbocycles. The number of unbranched alkanes of at least 4 members (excludes halogenated alkanes) is 3. The summed E-state index contributed by atoms with van der Waals surface area (Å²) in [7, 11) is 0. The molecule has 0 nitrogen and oxygen atoms in total. The molecule has 0 aromatic rings. The van der Waals surface area contributed by atoms with Gasteiger partial charge in [-0.05, 0) is 11.8 Å². The number of rotatable bonds is 8. The molecule has 1 rings (SSSR count). The zero-order valence-corrected chi connectivity index (χ0v) is 11.6. The topological polar surface area (TPSA) is 0 Å². The van der Waals surface area contributed by atoms with E-state index in [9.17, 15) is 0 Å². The van der Waals surface area contributed by atoms with Crippen LogP contribution in [0.15, 0.2) is 0 Å². The summed E-state index contributed by atoms with van der Waals surface area (Å²) >= 11 is 0. The average Bonchev–Trinajstić information content (AvgIpc) is 2.34. The van der Waals surface area contributed by atoms with Gasteiger partial charge < -0.3 is 0 Å². The van der Waals surface area contributed by atoms with Crippen molar-refractivity contribution in [3.05, 3.63) is 0 Å². The van der Waals surface area contributed by atoms with Crippen molar-refractivity contribution in [3.8, 4) is 0 Å². The van der Waals surface area contributed by atoms with Gasteiger partial charge in [-0.2, -0.15) is 0 Å². The van der Waals surface area contributed by atoms with Gasteiger partial charge in [-0.3, -0.25) is 0 Å². The molecule has 0 heterocycles. The molecule has 0 heteroatoms. The Bertz CT molecular complexity index is 144. The molecule has 0 aromatic heterocycles. The molecule has 0 amide bonds. The molecule has 1 saturated carbocycles. The minimum absolute atomic E-state index is 0.957. The van der Waals surface area contributed by atoms with Crippen LogP contribution in [0.3, 0.4) is 0 Å². The van der Waals surface area contributed by atoms with Gasteiger partial charge in [0.25, 0.3) is 0 Å². The van der Waals surface area contributed by atoms with Crippen molar-refractivity contribution in [1.82, 2.24) is 0 Å². The molecule has 1 fully saturated rings. The van der Waals surface area contributed by atoms with Crippen LogP contribution in [-0.2, 0) is 0 Å². The molecule has 16 heavy (non-hydrogen) atoms. The molecule has 0 saturated heterocycles. The summed E-state index contributed by atoms with van der Waals surface area (Å²) in [5.41, 5.74) is 0. The highest BCUT2D eigenvalue weighted by molar-refractivity contribution is 4.65. The molecule has 0 aliphatic heterocycles. The third-order valence-corrected chi connectivity index (χ3v) is 4.48. The molecule has 96 valence electrons. The third kappa shape index (κ3) is 6.55. The van der Waals surface area contributed by atoms with Crippen LogP contribution < -0.4 is 0 Å². The Hall–Kier alpha value is 0. The van der Waals surface area contributed by atoms with E-state index in [2.05, 4.69) is 13.8 Å². The van der Waals surface area contributed by atoms with Crippen LogP contribution in [0, 0.1) is 11.8 Å². The smallest absolute Gasteiger partial charge is 0.0414 e. The lowest BCUT2D eigenvalue weighted by Gasteiger charge is -2.21. The van der Waals surface area contributed by atoms with Gasteiger partial charge in [-0.15, -0.1) is 0 Å². The lowest BCUT2D eigenvalue weighted by molar-refractivity contribution is 0.327. The minimum atomic E-state index is 0.957. The van der Waals surface area contributed by atoms with E-state index < -0.39 is 0 Å². The molecular formula is C16H32. The van der Waals surface area contributed by atoms with Gasteiger partial charge >= 0.3 is 0 Å². The average molecular weight is 224 g/mol. The summed E-state index contributed by atoms with van der Waals surface area (Å²) in [6.07, 6.45) is 17.9.